The Bertz CT molecular complexity index is 1150. The van der Waals surface area contributed by atoms with Crippen molar-refractivity contribution in [1.82, 2.24) is 24.8 Å². The molecular weight excluding hydrogens is 513 g/mol. The average Bonchev–Trinajstić information content (AvgIpc) is 3.40. The fourth-order valence-corrected chi connectivity index (χ4v) is 4.04. The number of aliphatic hydroxyl groups excluding tert-OH is 2. The van der Waals surface area contributed by atoms with Gasteiger partial charge in [0, 0.05) is 14.1 Å². The third-order valence-electron chi connectivity index (χ3n) is 5.85. The molecule has 12 nitrogen and oxygen atoms in total. The van der Waals surface area contributed by atoms with Crippen molar-refractivity contribution in [1.29, 1.82) is 0 Å². The van der Waals surface area contributed by atoms with Crippen LogP contribution in [-0.2, 0) is 16.0 Å². The van der Waals surface area contributed by atoms with E-state index in [1.54, 1.807) is 28.7 Å². The van der Waals surface area contributed by atoms with Crippen LogP contribution in [0, 0.1) is 0 Å². The van der Waals surface area contributed by atoms with Gasteiger partial charge in [0.1, 0.15) is 24.3 Å². The first-order valence-corrected chi connectivity index (χ1v) is 10.8. The van der Waals surface area contributed by atoms with Crippen molar-refractivity contribution >= 4 is 47.7 Å². The third-order valence-corrected chi connectivity index (χ3v) is 5.85. The van der Waals surface area contributed by atoms with Crippen molar-refractivity contribution in [2.75, 3.05) is 32.7 Å². The minimum absolute atomic E-state index is 0. The molecule has 5 N–H and O–H groups in total. The summed E-state index contributed by atoms with van der Waals surface area (Å²) in [4.78, 5) is 27.5. The predicted octanol–water partition coefficient (Wildman–Crippen LogP) is 0.0499. The Morgan fingerprint density at radius 2 is 1.94 bits per heavy atom. The maximum Gasteiger partial charge on any atom is 0.237 e. The number of carbonyl (C=O) groups is 1. The van der Waals surface area contributed by atoms with E-state index in [9.17, 15) is 15.0 Å². The fraction of sp³-hybridized carbons (Fsp3) is 0.455. The second kappa shape index (κ2) is 12.5. The lowest BCUT2D eigenvalue weighted by atomic mass is 10.0. The van der Waals surface area contributed by atoms with Gasteiger partial charge in [0.25, 0.3) is 0 Å². The van der Waals surface area contributed by atoms with E-state index >= 15 is 0 Å². The molecule has 0 bridgehead atoms. The standard InChI is InChI=1S/C22H29N7O5.2ClH/c1-28(2)19-17-20(25-10-24-19)29(11-26-17)22-18(31)16(15(9-30)34-22)27-21(32)14(23)8-12-4-6-13(33-3)7-5-12;;/h4-7,10-11,14-16,18,22,30-31H,8-9,23H2,1-3H3,(H,27,32);2*1H. The second-order valence-electron chi connectivity index (χ2n) is 8.35. The molecule has 5 atom stereocenters. The number of nitrogens with zero attached hydrogens (tertiary/aromatic N) is 5. The molecule has 0 spiro atoms. The smallest absolute Gasteiger partial charge is 0.237 e. The number of halogens is 2. The molecule has 1 fully saturated rings. The molecule has 2 aromatic heterocycles. The Kier molecular flexibility index (Phi) is 10.2. The molecule has 0 radical (unpaired) electrons. The molecule has 4 rings (SSSR count). The molecule has 198 valence electrons. The van der Waals surface area contributed by atoms with E-state index in [0.29, 0.717) is 29.2 Å². The van der Waals surface area contributed by atoms with Crippen molar-refractivity contribution in [2.45, 2.75) is 36.9 Å². The molecule has 1 aromatic carbocycles. The first-order valence-electron chi connectivity index (χ1n) is 10.8. The summed E-state index contributed by atoms with van der Waals surface area (Å²) >= 11 is 0. The molecule has 1 saturated heterocycles. The Morgan fingerprint density at radius 1 is 1.25 bits per heavy atom. The maximum atomic E-state index is 12.8. The zero-order valence-corrected chi connectivity index (χ0v) is 21.6. The topological polar surface area (TPSA) is 161 Å². The van der Waals surface area contributed by atoms with E-state index in [1.807, 2.05) is 26.2 Å². The Balaban J connectivity index is 0.00000228. The van der Waals surface area contributed by atoms with Gasteiger partial charge in [-0.3, -0.25) is 9.36 Å². The van der Waals surface area contributed by atoms with Gasteiger partial charge in [-0.25, -0.2) is 15.0 Å². The van der Waals surface area contributed by atoms with E-state index in [1.165, 1.54) is 12.7 Å². The summed E-state index contributed by atoms with van der Waals surface area (Å²) in [6.45, 7) is -0.406. The van der Waals surface area contributed by atoms with E-state index in [0.717, 1.165) is 5.56 Å². The van der Waals surface area contributed by atoms with Gasteiger partial charge in [0.05, 0.1) is 32.1 Å². The molecule has 3 aromatic rings. The van der Waals surface area contributed by atoms with E-state index in [-0.39, 0.29) is 24.8 Å². The highest BCUT2D eigenvalue weighted by molar-refractivity contribution is 5.86. The van der Waals surface area contributed by atoms with Crippen LogP contribution in [0.1, 0.15) is 11.8 Å². The average molecular weight is 544 g/mol. The number of rotatable bonds is 8. The van der Waals surface area contributed by atoms with Crippen LogP contribution in [0.2, 0.25) is 0 Å². The molecule has 1 aliphatic rings. The van der Waals surface area contributed by atoms with Gasteiger partial charge in [0.15, 0.2) is 23.2 Å². The minimum atomic E-state index is -1.18. The van der Waals surface area contributed by atoms with Crippen molar-refractivity contribution in [3.8, 4) is 5.75 Å². The summed E-state index contributed by atoms with van der Waals surface area (Å²) in [5, 5.41) is 23.6. The molecular formula is C22H31Cl2N7O5. The predicted molar refractivity (Wildman–Crippen MR) is 138 cm³/mol. The molecule has 1 amide bonds. The number of anilines is 1. The Morgan fingerprint density at radius 3 is 2.56 bits per heavy atom. The van der Waals surface area contributed by atoms with Crippen LogP contribution in [0.3, 0.4) is 0 Å². The third kappa shape index (κ3) is 5.80. The highest BCUT2D eigenvalue weighted by atomic mass is 35.5. The molecule has 3 heterocycles. The number of amides is 1. The van der Waals surface area contributed by atoms with Crippen LogP contribution in [0.25, 0.3) is 11.2 Å². The molecule has 14 heteroatoms. The Hall–Kier alpha value is -2.74. The largest absolute Gasteiger partial charge is 0.497 e. The first kappa shape index (κ1) is 29.5. The SMILES string of the molecule is COc1ccc(CC(N)C(=O)NC2C(CO)OC(n3cnc4c(N(C)C)ncnc43)C2O)cc1.Cl.Cl. The van der Waals surface area contributed by atoms with Crippen molar-refractivity contribution < 1.29 is 24.5 Å². The van der Waals surface area contributed by atoms with E-state index < -0.39 is 43.0 Å². The first-order chi connectivity index (χ1) is 16.3. The number of ether oxygens (including phenoxy) is 2. The monoisotopic (exact) mass is 543 g/mol. The molecule has 1 aliphatic heterocycles. The number of hydrogen-bond donors (Lipinski definition) is 4. The van der Waals surface area contributed by atoms with E-state index in [4.69, 9.17) is 15.2 Å². The quantitative estimate of drug-likeness (QED) is 0.305. The Labute approximate surface area is 220 Å². The van der Waals surface area contributed by atoms with Crippen LogP contribution >= 0.6 is 24.8 Å². The second-order valence-corrected chi connectivity index (χ2v) is 8.35. The van der Waals surface area contributed by atoms with Crippen LogP contribution in [0.4, 0.5) is 5.82 Å². The number of methoxy groups -OCH3 is 1. The fourth-order valence-electron chi connectivity index (χ4n) is 4.04. The maximum absolute atomic E-state index is 12.8. The number of carbonyl (C=O) groups excluding carboxylic acids is 1. The molecule has 0 aliphatic carbocycles. The number of nitrogens with one attached hydrogen (secondary N) is 1. The number of hydrogen-bond acceptors (Lipinski definition) is 10. The zero-order chi connectivity index (χ0) is 24.4. The summed E-state index contributed by atoms with van der Waals surface area (Å²) in [5.41, 5.74) is 7.98. The molecule has 5 unspecified atom stereocenters. The highest BCUT2D eigenvalue weighted by Crippen LogP contribution is 2.32. The number of nitrogens with two attached hydrogens (primary N) is 1. The van der Waals surface area contributed by atoms with E-state index in [2.05, 4.69) is 20.3 Å². The summed E-state index contributed by atoms with van der Waals surface area (Å²) in [6, 6.07) is 5.52. The van der Waals surface area contributed by atoms with Crippen LogP contribution in [0.5, 0.6) is 5.75 Å². The summed E-state index contributed by atoms with van der Waals surface area (Å²) in [7, 11) is 5.25. The van der Waals surface area contributed by atoms with Gasteiger partial charge in [-0.2, -0.15) is 0 Å². The highest BCUT2D eigenvalue weighted by Gasteiger charge is 2.46. The van der Waals surface area contributed by atoms with Crippen LogP contribution in [0.15, 0.2) is 36.9 Å². The number of aliphatic hydroxyl groups is 2. The molecule has 36 heavy (non-hydrogen) atoms. The summed E-state index contributed by atoms with van der Waals surface area (Å²) < 4.78 is 12.6. The van der Waals surface area contributed by atoms with Crippen molar-refractivity contribution in [3.05, 3.63) is 42.5 Å². The minimum Gasteiger partial charge on any atom is -0.497 e. The van der Waals surface area contributed by atoms with Crippen LogP contribution in [-0.4, -0.2) is 87.7 Å². The normalized spacial score (nSPS) is 21.8. The van der Waals surface area contributed by atoms with Crippen LogP contribution < -0.4 is 20.7 Å². The van der Waals surface area contributed by atoms with Crippen molar-refractivity contribution in [2.24, 2.45) is 5.73 Å². The summed E-state index contributed by atoms with van der Waals surface area (Å²) in [5.74, 6) is 0.861. The lowest BCUT2D eigenvalue weighted by Gasteiger charge is -2.23. The van der Waals surface area contributed by atoms with Gasteiger partial charge in [-0.05, 0) is 24.1 Å². The van der Waals surface area contributed by atoms with Gasteiger partial charge < -0.3 is 35.6 Å². The number of imidazole rings is 1. The number of fused-ring (bicyclic) bond motifs is 1. The zero-order valence-electron chi connectivity index (χ0n) is 20.0. The van der Waals surface area contributed by atoms with Crippen molar-refractivity contribution in [3.63, 3.8) is 0 Å². The number of benzene rings is 1. The molecule has 0 saturated carbocycles. The van der Waals surface area contributed by atoms with Gasteiger partial charge in [0.2, 0.25) is 5.91 Å². The van der Waals surface area contributed by atoms with Gasteiger partial charge >= 0.3 is 0 Å². The number of aromatic nitrogens is 4. The lowest BCUT2D eigenvalue weighted by Crippen LogP contribution is -2.53. The lowest BCUT2D eigenvalue weighted by molar-refractivity contribution is -0.124. The summed E-state index contributed by atoms with van der Waals surface area (Å²) in [6.07, 6.45) is 0.250. The van der Waals surface area contributed by atoms with Gasteiger partial charge in [-0.1, -0.05) is 12.1 Å². The van der Waals surface area contributed by atoms with Gasteiger partial charge in [-0.15, -0.1) is 24.8 Å².